The summed E-state index contributed by atoms with van der Waals surface area (Å²) in [4.78, 5) is 16.4. The Hall–Kier alpha value is -3.51. The fourth-order valence-corrected chi connectivity index (χ4v) is 5.15. The van der Waals surface area contributed by atoms with Gasteiger partial charge >= 0.3 is 0 Å². The minimum absolute atomic E-state index is 0.152. The molecule has 0 saturated carbocycles. The van der Waals surface area contributed by atoms with Crippen LogP contribution >= 0.6 is 11.8 Å². The number of nitrogens with zero attached hydrogens (tertiary/aromatic N) is 1. The highest BCUT2D eigenvalue weighted by atomic mass is 32.2. The zero-order valence-corrected chi connectivity index (χ0v) is 18.0. The molecule has 2 heterocycles. The van der Waals surface area contributed by atoms with E-state index in [0.717, 1.165) is 26.7 Å². The van der Waals surface area contributed by atoms with Crippen molar-refractivity contribution >= 4 is 34.9 Å². The molecule has 2 aliphatic heterocycles. The molecule has 1 amide bonds. The molecule has 6 heteroatoms. The molecule has 0 unspecified atom stereocenters. The third-order valence-corrected chi connectivity index (χ3v) is 6.64. The average molecular weight is 428 g/mol. The first kappa shape index (κ1) is 19.5. The molecule has 3 aromatic carbocycles. The number of benzene rings is 3. The van der Waals surface area contributed by atoms with Gasteiger partial charge in [-0.25, -0.2) is 0 Å². The van der Waals surface area contributed by atoms with Crippen LogP contribution in [0.2, 0.25) is 0 Å². The second-order valence-corrected chi connectivity index (χ2v) is 8.56. The molecule has 1 atom stereocenters. The molecule has 2 aliphatic rings. The molecule has 0 spiro atoms. The van der Waals surface area contributed by atoms with Crippen molar-refractivity contribution in [1.82, 2.24) is 0 Å². The maximum absolute atomic E-state index is 13.8. The Morgan fingerprint density at radius 3 is 2.52 bits per heavy atom. The molecular weight excluding hydrogens is 406 g/mol. The Morgan fingerprint density at radius 2 is 1.77 bits per heavy atom. The van der Waals surface area contributed by atoms with Gasteiger partial charge in [0.15, 0.2) is 0 Å². The first-order valence-electron chi connectivity index (χ1n) is 9.99. The Kier molecular flexibility index (Phi) is 4.79. The summed E-state index contributed by atoms with van der Waals surface area (Å²) in [5, 5.41) is 13.3. The number of para-hydroxylation sites is 1. The molecule has 0 bridgehead atoms. The maximum Gasteiger partial charge on any atom is 0.245 e. The molecular formula is C25H21N3O2S. The van der Waals surface area contributed by atoms with E-state index in [4.69, 9.17) is 10.1 Å². The summed E-state index contributed by atoms with van der Waals surface area (Å²) in [7, 11) is 1.58. The number of methoxy groups -OCH3 is 1. The van der Waals surface area contributed by atoms with Crippen LogP contribution in [0.3, 0.4) is 0 Å². The molecule has 3 aromatic rings. The highest BCUT2D eigenvalue weighted by molar-refractivity contribution is 8.03. The molecule has 1 saturated heterocycles. The highest BCUT2D eigenvalue weighted by Crippen LogP contribution is 2.48. The smallest absolute Gasteiger partial charge is 0.245 e. The van der Waals surface area contributed by atoms with E-state index in [1.807, 2.05) is 79.7 Å². The summed E-state index contributed by atoms with van der Waals surface area (Å²) >= 11 is 1.57. The SMILES string of the molecule is COc1ccc(C)cc1N1C(=N)C(=C2Nc3ccccc3S2)[C@H](c2ccccc2)C1=O. The molecule has 0 aromatic heterocycles. The Bertz CT molecular complexity index is 1210. The standard InChI is InChI=1S/C25H21N3O2S/c1-15-12-13-19(30-2)18(14-15)28-23(26)22(21(25(28)29)16-8-4-3-5-9-16)24-27-17-10-6-7-11-20(17)31-24/h3-14,21,26-27H,1-2H3/t21-/m0/s1. The van der Waals surface area contributed by atoms with E-state index in [2.05, 4.69) is 5.32 Å². The van der Waals surface area contributed by atoms with Crippen LogP contribution in [0.1, 0.15) is 17.0 Å². The molecule has 1 fully saturated rings. The number of fused-ring (bicyclic) bond motifs is 1. The van der Waals surface area contributed by atoms with Crippen LogP contribution in [0.4, 0.5) is 11.4 Å². The van der Waals surface area contributed by atoms with Crippen LogP contribution in [0, 0.1) is 12.3 Å². The van der Waals surface area contributed by atoms with Gasteiger partial charge in [-0.15, -0.1) is 0 Å². The lowest BCUT2D eigenvalue weighted by molar-refractivity contribution is -0.117. The number of anilines is 2. The molecule has 5 nitrogen and oxygen atoms in total. The van der Waals surface area contributed by atoms with Crippen molar-refractivity contribution in [3.8, 4) is 5.75 Å². The van der Waals surface area contributed by atoms with Gasteiger partial charge in [-0.05, 0) is 42.3 Å². The zero-order chi connectivity index (χ0) is 21.5. The fourth-order valence-electron chi connectivity index (χ4n) is 4.07. The highest BCUT2D eigenvalue weighted by Gasteiger charge is 2.46. The van der Waals surface area contributed by atoms with Crippen LogP contribution in [0.5, 0.6) is 5.75 Å². The van der Waals surface area contributed by atoms with Crippen molar-refractivity contribution in [1.29, 1.82) is 5.41 Å². The van der Waals surface area contributed by atoms with Crippen LogP contribution < -0.4 is 15.0 Å². The topological polar surface area (TPSA) is 65.4 Å². The number of nitrogens with one attached hydrogen (secondary N) is 2. The quantitative estimate of drug-likeness (QED) is 0.576. The number of amidine groups is 1. The minimum atomic E-state index is -0.566. The van der Waals surface area contributed by atoms with E-state index >= 15 is 0 Å². The van der Waals surface area contributed by atoms with E-state index in [9.17, 15) is 4.79 Å². The third-order valence-electron chi connectivity index (χ3n) is 5.53. The Balaban J connectivity index is 1.68. The molecule has 0 radical (unpaired) electrons. The van der Waals surface area contributed by atoms with Gasteiger partial charge in [0.05, 0.1) is 29.4 Å². The number of amides is 1. The van der Waals surface area contributed by atoms with Crippen LogP contribution in [-0.4, -0.2) is 18.9 Å². The van der Waals surface area contributed by atoms with Gasteiger partial charge in [0, 0.05) is 10.5 Å². The van der Waals surface area contributed by atoms with Gasteiger partial charge in [0.1, 0.15) is 11.6 Å². The first-order chi connectivity index (χ1) is 15.1. The van der Waals surface area contributed by atoms with E-state index in [0.29, 0.717) is 17.0 Å². The first-order valence-corrected chi connectivity index (χ1v) is 10.8. The normalized spacial score (nSPS) is 20.1. The number of carbonyl (C=O) groups is 1. The minimum Gasteiger partial charge on any atom is -0.495 e. The lowest BCUT2D eigenvalue weighted by Gasteiger charge is -2.20. The van der Waals surface area contributed by atoms with Gasteiger partial charge in [-0.3, -0.25) is 15.1 Å². The van der Waals surface area contributed by atoms with Crippen LogP contribution in [0.15, 0.2) is 88.3 Å². The second kappa shape index (κ2) is 7.63. The lowest BCUT2D eigenvalue weighted by Crippen LogP contribution is -2.30. The summed E-state index contributed by atoms with van der Waals surface area (Å²) in [6, 6.07) is 23.4. The summed E-state index contributed by atoms with van der Waals surface area (Å²) in [5.41, 5.74) is 4.13. The van der Waals surface area contributed by atoms with Gasteiger partial charge in [-0.2, -0.15) is 0 Å². The van der Waals surface area contributed by atoms with Gasteiger partial charge in [0.2, 0.25) is 5.91 Å². The number of carbonyl (C=O) groups excluding carboxylic acids is 1. The predicted octanol–water partition coefficient (Wildman–Crippen LogP) is 5.54. The molecule has 154 valence electrons. The number of thioether (sulfide) groups is 1. The third kappa shape index (κ3) is 3.20. The number of ether oxygens (including phenoxy) is 1. The van der Waals surface area contributed by atoms with E-state index in [1.54, 1.807) is 18.9 Å². The number of hydrogen-bond donors (Lipinski definition) is 2. The Labute approximate surface area is 185 Å². The van der Waals surface area contributed by atoms with E-state index < -0.39 is 5.92 Å². The molecule has 2 N–H and O–H groups in total. The fraction of sp³-hybridized carbons (Fsp3) is 0.120. The Morgan fingerprint density at radius 1 is 1.03 bits per heavy atom. The van der Waals surface area contributed by atoms with Crippen LogP contribution in [-0.2, 0) is 4.79 Å². The predicted molar refractivity (Wildman–Crippen MR) is 125 cm³/mol. The summed E-state index contributed by atoms with van der Waals surface area (Å²) in [6.45, 7) is 1.96. The zero-order valence-electron chi connectivity index (χ0n) is 17.2. The molecule has 31 heavy (non-hydrogen) atoms. The monoisotopic (exact) mass is 427 g/mol. The van der Waals surface area contributed by atoms with Crippen molar-refractivity contribution in [2.24, 2.45) is 0 Å². The van der Waals surface area contributed by atoms with Crippen molar-refractivity contribution < 1.29 is 9.53 Å². The lowest BCUT2D eigenvalue weighted by atomic mass is 9.93. The molecule has 0 aliphatic carbocycles. The summed E-state index contributed by atoms with van der Waals surface area (Å²) in [5.74, 6) is 0.0202. The maximum atomic E-state index is 13.8. The number of hydrogen-bond acceptors (Lipinski definition) is 5. The van der Waals surface area contributed by atoms with Gasteiger partial charge < -0.3 is 10.1 Å². The average Bonchev–Trinajstić information content (AvgIpc) is 3.32. The van der Waals surface area contributed by atoms with Crippen molar-refractivity contribution in [2.45, 2.75) is 17.7 Å². The van der Waals surface area contributed by atoms with Crippen molar-refractivity contribution in [2.75, 3.05) is 17.3 Å². The van der Waals surface area contributed by atoms with Gasteiger partial charge in [-0.1, -0.05) is 60.3 Å². The molecule has 5 rings (SSSR count). The number of aryl methyl sites for hydroxylation is 1. The number of rotatable bonds is 3. The summed E-state index contributed by atoms with van der Waals surface area (Å²) < 4.78 is 5.53. The van der Waals surface area contributed by atoms with Crippen LogP contribution in [0.25, 0.3) is 0 Å². The van der Waals surface area contributed by atoms with Gasteiger partial charge in [0.25, 0.3) is 0 Å². The van der Waals surface area contributed by atoms with Crippen molar-refractivity contribution in [3.63, 3.8) is 0 Å². The van der Waals surface area contributed by atoms with Crippen molar-refractivity contribution in [3.05, 3.63) is 94.5 Å². The largest absolute Gasteiger partial charge is 0.495 e. The van der Waals surface area contributed by atoms with E-state index in [-0.39, 0.29) is 11.7 Å². The van der Waals surface area contributed by atoms with E-state index in [1.165, 1.54) is 4.90 Å². The second-order valence-electron chi connectivity index (χ2n) is 7.51. The summed E-state index contributed by atoms with van der Waals surface area (Å²) in [6.07, 6.45) is 0.